The number of primary amides is 1. The third-order valence-electron chi connectivity index (χ3n) is 8.48. The lowest BCUT2D eigenvalue weighted by molar-refractivity contribution is -0.128. The molecular weight excluding hydrogens is 394 g/mol. The molecule has 0 spiro atoms. The van der Waals surface area contributed by atoms with E-state index in [9.17, 15) is 4.79 Å². The van der Waals surface area contributed by atoms with Gasteiger partial charge < -0.3 is 11.1 Å². The van der Waals surface area contributed by atoms with E-state index < -0.39 is 0 Å². The van der Waals surface area contributed by atoms with Crippen LogP contribution in [0.5, 0.6) is 0 Å². The molecule has 6 rings (SSSR count). The molecule has 170 valence electrons. The monoisotopic (exact) mass is 431 g/mol. The maximum Gasteiger partial charge on any atom is 0.223 e. The van der Waals surface area contributed by atoms with Gasteiger partial charge in [0.05, 0.1) is 5.92 Å². The highest BCUT2D eigenvalue weighted by Crippen LogP contribution is 2.57. The van der Waals surface area contributed by atoms with E-state index in [0.717, 1.165) is 38.8 Å². The lowest BCUT2D eigenvalue weighted by Gasteiger charge is -2.48. The minimum atomic E-state index is -0.125. The molecule has 1 amide bonds. The van der Waals surface area contributed by atoms with Gasteiger partial charge in [0.1, 0.15) is 0 Å². The van der Waals surface area contributed by atoms with E-state index in [4.69, 9.17) is 5.73 Å². The number of rotatable bonds is 8. The van der Waals surface area contributed by atoms with Crippen molar-refractivity contribution in [3.05, 3.63) is 71.8 Å². The van der Waals surface area contributed by atoms with E-state index in [1.807, 2.05) is 0 Å². The highest BCUT2D eigenvalue weighted by molar-refractivity contribution is 5.79. The van der Waals surface area contributed by atoms with Crippen LogP contribution in [0.15, 0.2) is 60.7 Å². The molecule has 3 saturated heterocycles. The first kappa shape index (κ1) is 21.7. The summed E-state index contributed by atoms with van der Waals surface area (Å²) in [7, 11) is 0. The summed E-state index contributed by atoms with van der Waals surface area (Å²) in [6, 6.07) is 22.4. The molecule has 32 heavy (non-hydrogen) atoms. The molecule has 5 unspecified atom stereocenters. The molecule has 5 atom stereocenters. The quantitative estimate of drug-likeness (QED) is 0.671. The Bertz CT molecular complexity index is 887. The second-order valence-corrected chi connectivity index (χ2v) is 10.7. The van der Waals surface area contributed by atoms with Crippen molar-refractivity contribution in [1.29, 1.82) is 0 Å². The van der Waals surface area contributed by atoms with Gasteiger partial charge in [0.25, 0.3) is 0 Å². The van der Waals surface area contributed by atoms with Crippen molar-refractivity contribution in [2.24, 2.45) is 29.4 Å². The summed E-state index contributed by atoms with van der Waals surface area (Å²) in [5.74, 6) is 1.47. The van der Waals surface area contributed by atoms with Crippen molar-refractivity contribution in [3.8, 4) is 0 Å². The lowest BCUT2D eigenvalue weighted by Crippen LogP contribution is -2.63. The minimum absolute atomic E-state index is 0.0114. The first-order chi connectivity index (χ1) is 15.5. The second-order valence-electron chi connectivity index (χ2n) is 10.7. The summed E-state index contributed by atoms with van der Waals surface area (Å²) in [6.07, 6.45) is 4.24. The molecule has 3 aliphatic heterocycles. The lowest BCUT2D eigenvalue weighted by atomic mass is 9.61. The van der Waals surface area contributed by atoms with Crippen LogP contribution in [0, 0.1) is 23.7 Å². The van der Waals surface area contributed by atoms with E-state index in [1.54, 1.807) is 0 Å². The summed E-state index contributed by atoms with van der Waals surface area (Å²) in [5, 5.41) is 3.67. The fourth-order valence-corrected chi connectivity index (χ4v) is 7.21. The maximum atomic E-state index is 12.7. The molecule has 4 heteroatoms. The van der Waals surface area contributed by atoms with Crippen molar-refractivity contribution in [3.63, 3.8) is 0 Å². The Morgan fingerprint density at radius 1 is 1.06 bits per heavy atom. The zero-order valence-electron chi connectivity index (χ0n) is 19.4. The Balaban J connectivity index is 1.62. The molecule has 2 aromatic rings. The van der Waals surface area contributed by atoms with Gasteiger partial charge in [-0.15, -0.1) is 0 Å². The second kappa shape index (κ2) is 8.64. The van der Waals surface area contributed by atoms with Crippen LogP contribution in [0.2, 0.25) is 0 Å². The normalized spacial score (nSPS) is 30.7. The number of nitrogens with one attached hydrogen (secondary N) is 1. The molecule has 4 fully saturated rings. The predicted octanol–water partition coefficient (Wildman–Crippen LogP) is 3.65. The predicted molar refractivity (Wildman–Crippen MR) is 129 cm³/mol. The van der Waals surface area contributed by atoms with Crippen LogP contribution >= 0.6 is 0 Å². The Kier molecular flexibility index (Phi) is 5.85. The first-order valence-corrected chi connectivity index (χ1v) is 12.4. The zero-order valence-corrected chi connectivity index (χ0v) is 19.4. The van der Waals surface area contributed by atoms with Crippen molar-refractivity contribution in [2.75, 3.05) is 13.1 Å². The number of benzene rings is 2. The summed E-state index contributed by atoms with van der Waals surface area (Å²) in [5.41, 5.74) is 8.84. The highest BCUT2D eigenvalue weighted by atomic mass is 16.1. The van der Waals surface area contributed by atoms with Crippen LogP contribution in [-0.2, 0) is 17.6 Å². The first-order valence-electron chi connectivity index (χ1n) is 12.4. The van der Waals surface area contributed by atoms with Crippen molar-refractivity contribution in [2.45, 2.75) is 57.2 Å². The number of likely N-dealkylation sites (tertiary alicyclic amines) is 1. The van der Waals surface area contributed by atoms with Gasteiger partial charge in [-0.3, -0.25) is 9.69 Å². The van der Waals surface area contributed by atoms with Crippen LogP contribution in [-0.4, -0.2) is 41.5 Å². The van der Waals surface area contributed by atoms with Gasteiger partial charge in [0.15, 0.2) is 0 Å². The summed E-state index contributed by atoms with van der Waals surface area (Å²) in [6.45, 7) is 6.65. The van der Waals surface area contributed by atoms with Crippen molar-refractivity contribution in [1.82, 2.24) is 10.2 Å². The number of amides is 1. The van der Waals surface area contributed by atoms with Gasteiger partial charge >= 0.3 is 0 Å². The third kappa shape index (κ3) is 3.68. The standard InChI is InChI=1S/C28H37N3O/c1-19(2)13-14-31-26-22-18-30-24(25(26)27(29)32)15-23(22)28(31,16-20-9-5-3-6-10-20)17-21-11-7-4-8-12-21/h3-12,19,22-26,30H,13-18H2,1-2H3,(H2,29,32). The van der Waals surface area contributed by atoms with Gasteiger partial charge in [0.2, 0.25) is 5.91 Å². The Labute approximate surface area is 192 Å². The molecule has 3 heterocycles. The number of fused-ring (bicyclic) bond motifs is 1. The zero-order chi connectivity index (χ0) is 22.3. The molecule has 0 radical (unpaired) electrons. The molecule has 1 aliphatic carbocycles. The molecule has 0 aromatic heterocycles. The van der Waals surface area contributed by atoms with Crippen LogP contribution in [0.25, 0.3) is 0 Å². The number of hydrogen-bond donors (Lipinski definition) is 2. The number of piperidine rings is 2. The number of nitrogens with zero attached hydrogens (tertiary/aromatic N) is 1. The number of hydrogen-bond acceptors (Lipinski definition) is 3. The van der Waals surface area contributed by atoms with E-state index >= 15 is 0 Å². The van der Waals surface area contributed by atoms with E-state index in [-0.39, 0.29) is 29.4 Å². The minimum Gasteiger partial charge on any atom is -0.369 e. The van der Waals surface area contributed by atoms with Gasteiger partial charge in [-0.25, -0.2) is 0 Å². The SMILES string of the molecule is CC(C)CCN1C2C3CNC(CC3C1(Cc1ccccc1)Cc1ccccc1)C2C(N)=O. The number of nitrogens with two attached hydrogens (primary N) is 1. The fourth-order valence-electron chi connectivity index (χ4n) is 7.21. The average molecular weight is 432 g/mol. The third-order valence-corrected chi connectivity index (χ3v) is 8.48. The molecule has 4 nitrogen and oxygen atoms in total. The molecule has 4 aliphatic rings. The Morgan fingerprint density at radius 3 is 2.19 bits per heavy atom. The van der Waals surface area contributed by atoms with E-state index in [0.29, 0.717) is 17.8 Å². The molecule has 3 N–H and O–H groups in total. The van der Waals surface area contributed by atoms with Gasteiger partial charge in [-0.2, -0.15) is 0 Å². The van der Waals surface area contributed by atoms with Gasteiger partial charge in [-0.1, -0.05) is 74.5 Å². The molecule has 1 saturated carbocycles. The summed E-state index contributed by atoms with van der Waals surface area (Å²) in [4.78, 5) is 15.5. The average Bonchev–Trinajstić information content (AvgIpc) is 2.98. The number of carbonyl (C=O) groups excluding carboxylic acids is 1. The topological polar surface area (TPSA) is 58.4 Å². The van der Waals surface area contributed by atoms with Crippen LogP contribution in [0.1, 0.15) is 37.8 Å². The molecule has 2 aromatic carbocycles. The van der Waals surface area contributed by atoms with Gasteiger partial charge in [-0.05, 0) is 61.1 Å². The van der Waals surface area contributed by atoms with Crippen molar-refractivity contribution >= 4 is 5.91 Å². The Hall–Kier alpha value is -2.17. The van der Waals surface area contributed by atoms with Crippen LogP contribution in [0.3, 0.4) is 0 Å². The maximum absolute atomic E-state index is 12.7. The van der Waals surface area contributed by atoms with E-state index in [1.165, 1.54) is 11.1 Å². The molecule has 4 bridgehead atoms. The largest absolute Gasteiger partial charge is 0.369 e. The van der Waals surface area contributed by atoms with Crippen LogP contribution < -0.4 is 11.1 Å². The van der Waals surface area contributed by atoms with Crippen LogP contribution in [0.4, 0.5) is 0 Å². The highest BCUT2D eigenvalue weighted by Gasteiger charge is 2.66. The van der Waals surface area contributed by atoms with E-state index in [2.05, 4.69) is 84.7 Å². The smallest absolute Gasteiger partial charge is 0.223 e. The number of carbonyl (C=O) groups is 1. The molecular formula is C28H37N3O. The fraction of sp³-hybridized carbons (Fsp3) is 0.536. The summed E-state index contributed by atoms with van der Waals surface area (Å²) < 4.78 is 0. The van der Waals surface area contributed by atoms with Gasteiger partial charge in [0, 0.05) is 24.2 Å². The van der Waals surface area contributed by atoms with Crippen molar-refractivity contribution < 1.29 is 4.79 Å². The summed E-state index contributed by atoms with van der Waals surface area (Å²) >= 11 is 0. The Morgan fingerprint density at radius 2 is 1.66 bits per heavy atom.